The van der Waals surface area contributed by atoms with E-state index in [-0.39, 0.29) is 12.3 Å². The third kappa shape index (κ3) is 4.03. The fourth-order valence-corrected chi connectivity index (χ4v) is 1.93. The molecule has 21 heavy (non-hydrogen) atoms. The second kappa shape index (κ2) is 7.40. The van der Waals surface area contributed by atoms with E-state index in [4.69, 9.17) is 9.47 Å². The summed E-state index contributed by atoms with van der Waals surface area (Å²) in [5, 5.41) is 3.08. The van der Waals surface area contributed by atoms with Gasteiger partial charge in [0.25, 0.3) is 0 Å². The summed E-state index contributed by atoms with van der Waals surface area (Å²) < 4.78 is 10.4. The molecule has 0 unspecified atom stereocenters. The van der Waals surface area contributed by atoms with Crippen LogP contribution in [-0.4, -0.2) is 31.5 Å². The van der Waals surface area contributed by atoms with E-state index >= 15 is 0 Å². The smallest absolute Gasteiger partial charge is 0.180 e. The van der Waals surface area contributed by atoms with Crippen molar-refractivity contribution in [3.63, 3.8) is 0 Å². The zero-order chi connectivity index (χ0) is 15.1. The fraction of sp³-hybridized carbons (Fsp3) is 0.250. The van der Waals surface area contributed by atoms with Crippen molar-refractivity contribution in [2.45, 2.75) is 6.54 Å². The van der Waals surface area contributed by atoms with E-state index in [0.29, 0.717) is 23.6 Å². The Bertz CT molecular complexity index is 600. The summed E-state index contributed by atoms with van der Waals surface area (Å²) in [5.41, 5.74) is 1.40. The third-order valence-electron chi connectivity index (χ3n) is 3.02. The Balaban J connectivity index is 1.99. The molecule has 1 aromatic heterocycles. The molecule has 0 saturated carbocycles. The zero-order valence-corrected chi connectivity index (χ0v) is 12.1. The number of carbonyl (C=O) groups is 1. The van der Waals surface area contributed by atoms with Crippen molar-refractivity contribution in [2.75, 3.05) is 20.8 Å². The number of nitrogens with zero attached hydrogens (tertiary/aromatic N) is 1. The van der Waals surface area contributed by atoms with Gasteiger partial charge >= 0.3 is 0 Å². The lowest BCUT2D eigenvalue weighted by atomic mass is 10.1. The molecule has 0 aliphatic carbocycles. The molecule has 0 atom stereocenters. The van der Waals surface area contributed by atoms with Crippen molar-refractivity contribution in [1.82, 2.24) is 10.3 Å². The molecule has 1 N–H and O–H groups in total. The van der Waals surface area contributed by atoms with Crippen molar-refractivity contribution < 1.29 is 14.3 Å². The van der Waals surface area contributed by atoms with E-state index in [9.17, 15) is 4.79 Å². The lowest BCUT2D eigenvalue weighted by Gasteiger charge is -2.10. The second-order valence-electron chi connectivity index (χ2n) is 4.41. The number of aromatic nitrogens is 1. The number of rotatable bonds is 7. The molecule has 1 heterocycles. The molecule has 5 nitrogen and oxygen atoms in total. The Morgan fingerprint density at radius 2 is 2.05 bits per heavy atom. The largest absolute Gasteiger partial charge is 0.497 e. The van der Waals surface area contributed by atoms with Crippen LogP contribution >= 0.6 is 0 Å². The molecule has 0 saturated heterocycles. The van der Waals surface area contributed by atoms with E-state index in [1.165, 1.54) is 0 Å². The highest BCUT2D eigenvalue weighted by Crippen LogP contribution is 2.24. The molecule has 0 aliphatic heterocycles. The van der Waals surface area contributed by atoms with Crippen LogP contribution in [-0.2, 0) is 6.54 Å². The standard InChI is InChI=1S/C16H18N2O3/c1-20-13-6-7-16(21-2)14(9-13)15(19)11-17-10-12-5-3-4-8-18-12/h3-9,17H,10-11H2,1-2H3. The fourth-order valence-electron chi connectivity index (χ4n) is 1.93. The minimum Gasteiger partial charge on any atom is -0.497 e. The van der Waals surface area contributed by atoms with Gasteiger partial charge in [-0.3, -0.25) is 9.78 Å². The molecule has 0 radical (unpaired) electrons. The summed E-state index contributed by atoms with van der Waals surface area (Å²) in [6.45, 7) is 0.749. The van der Waals surface area contributed by atoms with E-state index in [1.807, 2.05) is 18.2 Å². The van der Waals surface area contributed by atoms with Gasteiger partial charge in [0.15, 0.2) is 5.78 Å². The van der Waals surface area contributed by atoms with Crippen molar-refractivity contribution in [3.05, 3.63) is 53.9 Å². The van der Waals surface area contributed by atoms with Crippen molar-refractivity contribution >= 4 is 5.78 Å². The van der Waals surface area contributed by atoms with Crippen LogP contribution in [0.25, 0.3) is 0 Å². The first-order chi connectivity index (χ1) is 10.2. The maximum absolute atomic E-state index is 12.3. The monoisotopic (exact) mass is 286 g/mol. The number of methoxy groups -OCH3 is 2. The lowest BCUT2D eigenvalue weighted by molar-refractivity contribution is 0.0987. The highest BCUT2D eigenvalue weighted by molar-refractivity contribution is 6.00. The number of carbonyl (C=O) groups excluding carboxylic acids is 1. The van der Waals surface area contributed by atoms with E-state index in [1.54, 1.807) is 38.6 Å². The number of Topliss-reactive ketones (excluding diaryl/α,β-unsaturated/α-hetero) is 1. The normalized spacial score (nSPS) is 10.2. The summed E-state index contributed by atoms with van der Waals surface area (Å²) in [4.78, 5) is 16.5. The Labute approximate surface area is 123 Å². The lowest BCUT2D eigenvalue weighted by Crippen LogP contribution is -2.23. The Hall–Kier alpha value is -2.40. The number of ether oxygens (including phenoxy) is 2. The topological polar surface area (TPSA) is 60.5 Å². The molecule has 0 amide bonds. The van der Waals surface area contributed by atoms with Crippen LogP contribution in [0.2, 0.25) is 0 Å². The molecular weight excluding hydrogens is 268 g/mol. The average Bonchev–Trinajstić information content (AvgIpc) is 2.55. The van der Waals surface area contributed by atoms with Crippen molar-refractivity contribution in [2.24, 2.45) is 0 Å². The highest BCUT2D eigenvalue weighted by atomic mass is 16.5. The van der Waals surface area contributed by atoms with Crippen LogP contribution < -0.4 is 14.8 Å². The van der Waals surface area contributed by atoms with E-state index < -0.39 is 0 Å². The van der Waals surface area contributed by atoms with Gasteiger partial charge in [0, 0.05) is 12.7 Å². The number of nitrogens with one attached hydrogen (secondary N) is 1. The number of pyridine rings is 1. The number of benzene rings is 1. The summed E-state index contributed by atoms with van der Waals surface area (Å²) in [7, 11) is 3.11. The first-order valence-electron chi connectivity index (χ1n) is 6.60. The van der Waals surface area contributed by atoms with Gasteiger partial charge in [-0.05, 0) is 30.3 Å². The van der Waals surface area contributed by atoms with Gasteiger partial charge in [-0.2, -0.15) is 0 Å². The predicted octanol–water partition coefficient (Wildman–Crippen LogP) is 2.07. The number of hydrogen-bond acceptors (Lipinski definition) is 5. The van der Waals surface area contributed by atoms with Crippen LogP contribution in [0.3, 0.4) is 0 Å². The summed E-state index contributed by atoms with van der Waals surface area (Å²) in [6, 6.07) is 10.8. The summed E-state index contributed by atoms with van der Waals surface area (Å²) in [6.07, 6.45) is 1.73. The quantitative estimate of drug-likeness (QED) is 0.790. The molecule has 1 aromatic carbocycles. The van der Waals surface area contributed by atoms with E-state index in [2.05, 4.69) is 10.3 Å². The second-order valence-corrected chi connectivity index (χ2v) is 4.41. The molecule has 0 aliphatic rings. The molecule has 2 aromatic rings. The van der Waals surface area contributed by atoms with Gasteiger partial charge in [-0.25, -0.2) is 0 Å². The Morgan fingerprint density at radius 3 is 2.71 bits per heavy atom. The number of hydrogen-bond donors (Lipinski definition) is 1. The first kappa shape index (κ1) is 15.0. The summed E-state index contributed by atoms with van der Waals surface area (Å²) >= 11 is 0. The van der Waals surface area contributed by atoms with Gasteiger partial charge in [-0.1, -0.05) is 6.07 Å². The van der Waals surface area contributed by atoms with Crippen LogP contribution in [0.15, 0.2) is 42.6 Å². The SMILES string of the molecule is COc1ccc(OC)c(C(=O)CNCc2ccccn2)c1. The highest BCUT2D eigenvalue weighted by Gasteiger charge is 2.13. The Morgan fingerprint density at radius 1 is 1.19 bits per heavy atom. The minimum absolute atomic E-state index is 0.0540. The van der Waals surface area contributed by atoms with Gasteiger partial charge < -0.3 is 14.8 Å². The van der Waals surface area contributed by atoms with Gasteiger partial charge in [0.2, 0.25) is 0 Å². The van der Waals surface area contributed by atoms with Crippen molar-refractivity contribution in [1.29, 1.82) is 0 Å². The molecule has 5 heteroatoms. The van der Waals surface area contributed by atoms with Gasteiger partial charge in [0.05, 0.1) is 32.0 Å². The Kier molecular flexibility index (Phi) is 5.29. The predicted molar refractivity (Wildman–Crippen MR) is 79.8 cm³/mol. The van der Waals surface area contributed by atoms with E-state index in [0.717, 1.165) is 5.69 Å². The first-order valence-corrected chi connectivity index (χ1v) is 6.60. The van der Waals surface area contributed by atoms with Gasteiger partial charge in [-0.15, -0.1) is 0 Å². The van der Waals surface area contributed by atoms with Crippen LogP contribution in [0.1, 0.15) is 16.1 Å². The third-order valence-corrected chi connectivity index (χ3v) is 3.02. The maximum atomic E-state index is 12.3. The molecule has 0 bridgehead atoms. The molecule has 110 valence electrons. The molecular formula is C16H18N2O3. The molecule has 2 rings (SSSR count). The van der Waals surface area contributed by atoms with Crippen LogP contribution in [0.5, 0.6) is 11.5 Å². The van der Waals surface area contributed by atoms with Gasteiger partial charge in [0.1, 0.15) is 11.5 Å². The van der Waals surface area contributed by atoms with Crippen LogP contribution in [0.4, 0.5) is 0 Å². The average molecular weight is 286 g/mol. The molecule has 0 spiro atoms. The maximum Gasteiger partial charge on any atom is 0.180 e. The molecule has 0 fully saturated rings. The summed E-state index contributed by atoms with van der Waals surface area (Å²) in [5.74, 6) is 1.12. The van der Waals surface area contributed by atoms with Crippen LogP contribution in [0, 0.1) is 0 Å². The number of ketones is 1. The zero-order valence-electron chi connectivity index (χ0n) is 12.1. The minimum atomic E-state index is -0.0540. The van der Waals surface area contributed by atoms with Crippen molar-refractivity contribution in [3.8, 4) is 11.5 Å².